The van der Waals surface area contributed by atoms with E-state index < -0.39 is 16.0 Å². The molecule has 0 heterocycles. The zero-order chi connectivity index (χ0) is 24.7. The second kappa shape index (κ2) is 10.7. The normalized spacial score (nSPS) is 11.3. The molecule has 0 atom stereocenters. The fraction of sp³-hybridized carbons (Fsp3) is 0.0833. The van der Waals surface area contributed by atoms with Crippen LogP contribution in [0.4, 0.5) is 5.69 Å². The van der Waals surface area contributed by atoms with Gasteiger partial charge in [0.2, 0.25) is 0 Å². The van der Waals surface area contributed by atoms with Crippen LogP contribution in [0.2, 0.25) is 5.02 Å². The summed E-state index contributed by atoms with van der Waals surface area (Å²) in [6.45, 7) is 0. The number of rotatable bonds is 8. The predicted octanol–water partition coefficient (Wildman–Crippen LogP) is 4.67. The average Bonchev–Trinajstić information content (AvgIpc) is 2.84. The number of ether oxygens (including phenoxy) is 2. The van der Waals surface area contributed by atoms with E-state index in [9.17, 15) is 18.5 Å². The molecule has 0 unspecified atom stereocenters. The van der Waals surface area contributed by atoms with Crippen molar-refractivity contribution in [3.63, 3.8) is 0 Å². The monoisotopic (exact) mass is 498 g/mol. The summed E-state index contributed by atoms with van der Waals surface area (Å²) in [5, 5.41) is 12.5. The molecule has 8 nitrogen and oxygen atoms in total. The molecule has 3 aromatic carbocycles. The summed E-state index contributed by atoms with van der Waals surface area (Å²) in [5.74, 6) is -0.0758. The van der Waals surface area contributed by atoms with Gasteiger partial charge in [-0.1, -0.05) is 17.7 Å². The van der Waals surface area contributed by atoms with E-state index in [-0.39, 0.29) is 22.0 Å². The molecule has 0 spiro atoms. The molecule has 0 saturated carbocycles. The van der Waals surface area contributed by atoms with Crippen LogP contribution in [-0.2, 0) is 14.9 Å². The third kappa shape index (κ3) is 6.07. The van der Waals surface area contributed by atoms with Gasteiger partial charge in [-0.25, -0.2) is 0 Å². The largest absolute Gasteiger partial charge is 0.497 e. The van der Waals surface area contributed by atoms with Crippen LogP contribution in [-0.4, -0.2) is 28.5 Å². The third-order valence-corrected chi connectivity index (χ3v) is 6.01. The summed E-state index contributed by atoms with van der Waals surface area (Å²) in [5.41, 5.74) is 0.728. The summed E-state index contributed by atoms with van der Waals surface area (Å²) in [4.78, 5) is 12.4. The number of carbonyl (C=O) groups excluding carboxylic acids is 1. The molecule has 174 valence electrons. The van der Waals surface area contributed by atoms with E-state index in [4.69, 9.17) is 25.3 Å². The molecule has 34 heavy (non-hydrogen) atoms. The first-order valence-electron chi connectivity index (χ1n) is 9.71. The number of hydrogen-bond acceptors (Lipinski definition) is 7. The Morgan fingerprint density at radius 2 is 1.65 bits per heavy atom. The minimum Gasteiger partial charge on any atom is -0.497 e. The Morgan fingerprint density at radius 3 is 2.24 bits per heavy atom. The molecule has 1 amide bonds. The van der Waals surface area contributed by atoms with Crippen molar-refractivity contribution in [3.05, 3.63) is 82.9 Å². The molecule has 0 aromatic heterocycles. The zero-order valence-electron chi connectivity index (χ0n) is 18.1. The standard InChI is InChI=1S/C24H19ClN2O6S/c1-31-20-8-10-21(11-9-20)34(29,30)33-22-12-3-16(14-23(22)32-2)13-17(15-26)24(28)27-19-6-4-18(25)5-7-19/h3-14H,1-2H3,(H,27,28)/b17-13+. The molecule has 10 heteroatoms. The highest BCUT2D eigenvalue weighted by Gasteiger charge is 2.20. The van der Waals surface area contributed by atoms with Crippen molar-refractivity contribution < 1.29 is 26.9 Å². The minimum atomic E-state index is -4.14. The number of amides is 1. The van der Waals surface area contributed by atoms with Gasteiger partial charge >= 0.3 is 10.1 Å². The molecule has 1 N–H and O–H groups in total. The minimum absolute atomic E-state index is 0.0559. The highest BCUT2D eigenvalue weighted by atomic mass is 35.5. The lowest BCUT2D eigenvalue weighted by atomic mass is 10.1. The van der Waals surface area contributed by atoms with E-state index in [1.165, 1.54) is 62.8 Å². The molecule has 0 bridgehead atoms. The van der Waals surface area contributed by atoms with E-state index in [2.05, 4.69) is 5.32 Å². The lowest BCUT2D eigenvalue weighted by molar-refractivity contribution is -0.112. The summed E-state index contributed by atoms with van der Waals surface area (Å²) in [6.07, 6.45) is 1.34. The Hall–Kier alpha value is -4.00. The lowest BCUT2D eigenvalue weighted by Crippen LogP contribution is -2.13. The number of methoxy groups -OCH3 is 2. The van der Waals surface area contributed by atoms with Crippen LogP contribution >= 0.6 is 11.6 Å². The smallest absolute Gasteiger partial charge is 0.339 e. The van der Waals surface area contributed by atoms with Crippen LogP contribution in [0.1, 0.15) is 5.56 Å². The molecule has 0 aliphatic heterocycles. The van der Waals surface area contributed by atoms with Crippen molar-refractivity contribution in [2.24, 2.45) is 0 Å². The number of nitrogens with zero attached hydrogens (tertiary/aromatic N) is 1. The predicted molar refractivity (Wildman–Crippen MR) is 127 cm³/mol. The lowest BCUT2D eigenvalue weighted by Gasteiger charge is -2.12. The fourth-order valence-corrected chi connectivity index (χ4v) is 3.86. The van der Waals surface area contributed by atoms with Gasteiger partial charge in [0.25, 0.3) is 5.91 Å². The number of halogens is 1. The maximum Gasteiger partial charge on any atom is 0.339 e. The maximum absolute atomic E-state index is 12.6. The van der Waals surface area contributed by atoms with E-state index in [0.29, 0.717) is 22.0 Å². The molecule has 3 rings (SSSR count). The van der Waals surface area contributed by atoms with Gasteiger partial charge in [-0.3, -0.25) is 4.79 Å². The molecular weight excluding hydrogens is 480 g/mol. The Kier molecular flexibility index (Phi) is 7.79. The third-order valence-electron chi connectivity index (χ3n) is 4.51. The van der Waals surface area contributed by atoms with E-state index in [1.54, 1.807) is 24.3 Å². The number of nitriles is 1. The SMILES string of the molecule is COc1ccc(S(=O)(=O)Oc2ccc(/C=C(\C#N)C(=O)Nc3ccc(Cl)cc3)cc2OC)cc1. The molecule has 3 aromatic rings. The van der Waals surface area contributed by atoms with E-state index in [1.807, 2.05) is 6.07 Å². The number of anilines is 1. The summed E-state index contributed by atoms with van der Waals surface area (Å²) >= 11 is 5.83. The topological polar surface area (TPSA) is 115 Å². The molecule has 0 aliphatic rings. The van der Waals surface area contributed by atoms with E-state index in [0.717, 1.165) is 0 Å². The van der Waals surface area contributed by atoms with Gasteiger partial charge in [-0.05, 0) is 72.3 Å². The first kappa shape index (κ1) is 24.6. The summed E-state index contributed by atoms with van der Waals surface area (Å²) in [6, 6.07) is 18.3. The van der Waals surface area contributed by atoms with Crippen molar-refractivity contribution in [2.75, 3.05) is 19.5 Å². The summed E-state index contributed by atoms with van der Waals surface area (Å²) in [7, 11) is -1.33. The van der Waals surface area contributed by atoms with Gasteiger partial charge in [-0.2, -0.15) is 13.7 Å². The number of carbonyl (C=O) groups is 1. The number of benzene rings is 3. The molecular formula is C24H19ClN2O6S. The average molecular weight is 499 g/mol. The van der Waals surface area contributed by atoms with Crippen LogP contribution in [0, 0.1) is 11.3 Å². The van der Waals surface area contributed by atoms with Crippen LogP contribution < -0.4 is 19.0 Å². The van der Waals surface area contributed by atoms with Gasteiger partial charge in [0.1, 0.15) is 22.3 Å². The van der Waals surface area contributed by atoms with Crippen molar-refractivity contribution in [3.8, 4) is 23.3 Å². The van der Waals surface area contributed by atoms with Crippen LogP contribution in [0.3, 0.4) is 0 Å². The maximum atomic E-state index is 12.6. The number of nitrogens with one attached hydrogen (secondary N) is 1. The Balaban J connectivity index is 1.82. The highest BCUT2D eigenvalue weighted by molar-refractivity contribution is 7.87. The van der Waals surface area contributed by atoms with Gasteiger partial charge in [0.05, 0.1) is 14.2 Å². The van der Waals surface area contributed by atoms with Crippen LogP contribution in [0.5, 0.6) is 17.2 Å². The van der Waals surface area contributed by atoms with Gasteiger partial charge in [0, 0.05) is 10.7 Å². The van der Waals surface area contributed by atoms with Crippen molar-refractivity contribution in [1.29, 1.82) is 5.26 Å². The second-order valence-corrected chi connectivity index (χ2v) is 8.74. The Bertz CT molecular complexity index is 1360. The molecule has 0 radical (unpaired) electrons. The highest BCUT2D eigenvalue weighted by Crippen LogP contribution is 2.32. The quantitative estimate of drug-likeness (QED) is 0.272. The van der Waals surface area contributed by atoms with E-state index >= 15 is 0 Å². The van der Waals surface area contributed by atoms with Gasteiger partial charge in [-0.15, -0.1) is 0 Å². The van der Waals surface area contributed by atoms with Crippen molar-refractivity contribution in [1.82, 2.24) is 0 Å². The first-order valence-corrected chi connectivity index (χ1v) is 11.5. The molecule has 0 saturated heterocycles. The Labute approximate surface area is 202 Å². The van der Waals surface area contributed by atoms with Gasteiger partial charge < -0.3 is 19.0 Å². The summed E-state index contributed by atoms with van der Waals surface area (Å²) < 4.78 is 40.8. The molecule has 0 aliphatic carbocycles. The Morgan fingerprint density at radius 1 is 0.971 bits per heavy atom. The zero-order valence-corrected chi connectivity index (χ0v) is 19.7. The van der Waals surface area contributed by atoms with Crippen molar-refractivity contribution >= 4 is 39.4 Å². The van der Waals surface area contributed by atoms with Crippen LogP contribution in [0.15, 0.2) is 77.2 Å². The fourth-order valence-electron chi connectivity index (χ4n) is 2.80. The molecule has 0 fully saturated rings. The van der Waals surface area contributed by atoms with Crippen molar-refractivity contribution in [2.45, 2.75) is 4.90 Å². The number of hydrogen-bond donors (Lipinski definition) is 1. The van der Waals surface area contributed by atoms with Gasteiger partial charge in [0.15, 0.2) is 11.5 Å². The second-order valence-electron chi connectivity index (χ2n) is 6.75. The first-order chi connectivity index (χ1) is 16.2. The van der Waals surface area contributed by atoms with Crippen LogP contribution in [0.25, 0.3) is 6.08 Å².